The molecule has 0 aliphatic rings. The summed E-state index contributed by atoms with van der Waals surface area (Å²) in [5.41, 5.74) is 0. The fraction of sp³-hybridized carbons (Fsp3) is 0.667. The fourth-order valence-corrected chi connectivity index (χ4v) is 2.65. The zero-order valence-corrected chi connectivity index (χ0v) is 11.6. The third-order valence-corrected chi connectivity index (χ3v) is 4.68. The lowest BCUT2D eigenvalue weighted by Gasteiger charge is -2.25. The van der Waals surface area contributed by atoms with Gasteiger partial charge in [-0.1, -0.05) is 11.6 Å². The summed E-state index contributed by atoms with van der Waals surface area (Å²) < 4.78 is 15.2. The summed E-state index contributed by atoms with van der Waals surface area (Å²) in [6.07, 6.45) is 1.61. The van der Waals surface area contributed by atoms with Gasteiger partial charge in [-0.15, -0.1) is 16.1 Å². The lowest BCUT2D eigenvalue weighted by Crippen LogP contribution is -2.40. The summed E-state index contributed by atoms with van der Waals surface area (Å²) >= 11 is 6.10. The quantitative estimate of drug-likeness (QED) is 0.856. The number of hydrogen-bond acceptors (Lipinski definition) is 4. The second-order valence-electron chi connectivity index (χ2n) is 4.22. The van der Waals surface area contributed by atoms with Gasteiger partial charge < -0.3 is 4.55 Å². The van der Waals surface area contributed by atoms with Gasteiger partial charge in [0.05, 0.1) is 6.20 Å². The Bertz CT molecular complexity index is 324. The minimum atomic E-state index is -1.09. The van der Waals surface area contributed by atoms with Gasteiger partial charge in [-0.05, 0) is 27.7 Å². The van der Waals surface area contributed by atoms with Crippen molar-refractivity contribution in [1.82, 2.24) is 9.71 Å². The van der Waals surface area contributed by atoms with Crippen molar-refractivity contribution in [2.45, 2.75) is 38.5 Å². The molecule has 0 saturated carbocycles. The standard InChI is InChI=1S/C9H15ClN2OS2/c1-6(8-11-5-7(10)14-8)12-15(13)9(2,3)4/h5-6,12H,1-4H3. The van der Waals surface area contributed by atoms with E-state index in [9.17, 15) is 4.55 Å². The van der Waals surface area contributed by atoms with Gasteiger partial charge in [-0.3, -0.25) is 0 Å². The Morgan fingerprint density at radius 1 is 1.60 bits per heavy atom. The highest BCUT2D eigenvalue weighted by Gasteiger charge is 2.29. The van der Waals surface area contributed by atoms with Gasteiger partial charge in [0.15, 0.2) is 0 Å². The van der Waals surface area contributed by atoms with E-state index in [1.54, 1.807) is 6.20 Å². The van der Waals surface area contributed by atoms with Crippen LogP contribution in [0.4, 0.5) is 0 Å². The van der Waals surface area contributed by atoms with Crippen LogP contribution in [0.25, 0.3) is 0 Å². The molecule has 0 aliphatic carbocycles. The molecule has 0 amide bonds. The molecule has 2 atom stereocenters. The van der Waals surface area contributed by atoms with E-state index in [0.717, 1.165) is 5.01 Å². The first-order valence-electron chi connectivity index (χ1n) is 4.60. The lowest BCUT2D eigenvalue weighted by molar-refractivity contribution is 0.531. The Labute approximate surface area is 103 Å². The van der Waals surface area contributed by atoms with Crippen molar-refractivity contribution in [2.75, 3.05) is 0 Å². The van der Waals surface area contributed by atoms with E-state index in [1.807, 2.05) is 27.7 Å². The predicted molar refractivity (Wildman–Crippen MR) is 66.6 cm³/mol. The van der Waals surface area contributed by atoms with E-state index in [-0.39, 0.29) is 10.8 Å². The summed E-state index contributed by atoms with van der Waals surface area (Å²) in [6, 6.07) is -0.0393. The molecule has 1 N–H and O–H groups in total. The first-order chi connectivity index (χ1) is 6.80. The van der Waals surface area contributed by atoms with E-state index < -0.39 is 11.4 Å². The highest BCUT2D eigenvalue weighted by atomic mass is 35.5. The molecule has 2 unspecified atom stereocenters. The molecular formula is C9H15ClN2OS2. The molecule has 0 aromatic carbocycles. The van der Waals surface area contributed by atoms with Crippen molar-refractivity contribution in [3.63, 3.8) is 0 Å². The van der Waals surface area contributed by atoms with E-state index in [2.05, 4.69) is 9.71 Å². The second kappa shape index (κ2) is 5.01. The van der Waals surface area contributed by atoms with Crippen LogP contribution in [0.15, 0.2) is 6.20 Å². The molecule has 0 radical (unpaired) electrons. The number of hydrogen-bond donors (Lipinski definition) is 1. The van der Waals surface area contributed by atoms with Crippen LogP contribution in [0.3, 0.4) is 0 Å². The normalized spacial score (nSPS) is 16.4. The number of nitrogens with zero attached hydrogens (tertiary/aromatic N) is 1. The molecule has 86 valence electrons. The molecule has 0 bridgehead atoms. The van der Waals surface area contributed by atoms with Crippen LogP contribution >= 0.6 is 22.9 Å². The summed E-state index contributed by atoms with van der Waals surface area (Å²) in [4.78, 5) is 4.14. The van der Waals surface area contributed by atoms with Gasteiger partial charge in [0, 0.05) is 11.4 Å². The maximum absolute atomic E-state index is 11.8. The minimum absolute atomic E-state index is 0.0393. The van der Waals surface area contributed by atoms with E-state index in [0.29, 0.717) is 4.34 Å². The van der Waals surface area contributed by atoms with Crippen LogP contribution in [0, 0.1) is 0 Å². The molecule has 15 heavy (non-hydrogen) atoms. The van der Waals surface area contributed by atoms with Crippen LogP contribution in [0.2, 0.25) is 4.34 Å². The molecule has 0 fully saturated rings. The Kier molecular flexibility index (Phi) is 4.43. The molecule has 1 aromatic heterocycles. The van der Waals surface area contributed by atoms with Crippen LogP contribution in [-0.2, 0) is 11.4 Å². The number of rotatable bonds is 3. The molecule has 1 heterocycles. The highest BCUT2D eigenvalue weighted by molar-refractivity contribution is 7.90. The Morgan fingerprint density at radius 3 is 2.60 bits per heavy atom. The third kappa shape index (κ3) is 3.92. The molecule has 0 saturated heterocycles. The smallest absolute Gasteiger partial charge is 0.136 e. The first-order valence-corrected chi connectivity index (χ1v) is 6.94. The maximum Gasteiger partial charge on any atom is 0.136 e. The van der Waals surface area contributed by atoms with Gasteiger partial charge >= 0.3 is 0 Å². The van der Waals surface area contributed by atoms with Crippen LogP contribution in [0.5, 0.6) is 0 Å². The van der Waals surface area contributed by atoms with Gasteiger partial charge in [0.25, 0.3) is 0 Å². The van der Waals surface area contributed by atoms with Crippen LogP contribution in [-0.4, -0.2) is 14.3 Å². The van der Waals surface area contributed by atoms with Gasteiger partial charge in [0.2, 0.25) is 0 Å². The summed E-state index contributed by atoms with van der Waals surface area (Å²) in [7, 11) is 0. The second-order valence-corrected chi connectivity index (χ2v) is 7.91. The zero-order valence-electron chi connectivity index (χ0n) is 9.20. The highest BCUT2D eigenvalue weighted by Crippen LogP contribution is 2.25. The van der Waals surface area contributed by atoms with Crippen molar-refractivity contribution in [1.29, 1.82) is 0 Å². The fourth-order valence-electron chi connectivity index (χ4n) is 0.855. The zero-order chi connectivity index (χ0) is 11.6. The van der Waals surface area contributed by atoms with Gasteiger partial charge in [-0.2, -0.15) is 0 Å². The lowest BCUT2D eigenvalue weighted by atomic mass is 10.3. The van der Waals surface area contributed by atoms with Crippen molar-refractivity contribution >= 4 is 34.3 Å². The number of halogens is 1. The Hall–Kier alpha value is 0.190. The summed E-state index contributed by atoms with van der Waals surface area (Å²) in [6.45, 7) is 7.71. The largest absolute Gasteiger partial charge is 0.598 e. The van der Waals surface area contributed by atoms with Crippen molar-refractivity contribution in [2.24, 2.45) is 0 Å². The van der Waals surface area contributed by atoms with Crippen molar-refractivity contribution in [3.05, 3.63) is 15.5 Å². The first kappa shape index (κ1) is 13.3. The van der Waals surface area contributed by atoms with E-state index in [4.69, 9.17) is 11.6 Å². The number of aromatic nitrogens is 1. The maximum atomic E-state index is 11.8. The number of nitrogens with one attached hydrogen (secondary N) is 1. The molecule has 6 heteroatoms. The van der Waals surface area contributed by atoms with Crippen LogP contribution in [0.1, 0.15) is 38.7 Å². The predicted octanol–water partition coefficient (Wildman–Crippen LogP) is 2.91. The van der Waals surface area contributed by atoms with Crippen LogP contribution < -0.4 is 4.72 Å². The van der Waals surface area contributed by atoms with Crippen molar-refractivity contribution < 1.29 is 4.55 Å². The van der Waals surface area contributed by atoms with E-state index in [1.165, 1.54) is 11.3 Å². The van der Waals surface area contributed by atoms with Crippen molar-refractivity contribution in [3.8, 4) is 0 Å². The number of thiazole rings is 1. The average molecular weight is 267 g/mol. The monoisotopic (exact) mass is 266 g/mol. The third-order valence-electron chi connectivity index (χ3n) is 1.71. The summed E-state index contributed by atoms with van der Waals surface area (Å²) in [5, 5.41) is 0.859. The topological polar surface area (TPSA) is 48.0 Å². The molecule has 0 spiro atoms. The molecule has 1 aromatic rings. The summed E-state index contributed by atoms with van der Waals surface area (Å²) in [5.74, 6) is 0. The van der Waals surface area contributed by atoms with Gasteiger partial charge in [-0.25, -0.2) is 4.98 Å². The average Bonchev–Trinajstić information content (AvgIpc) is 2.50. The molecule has 3 nitrogen and oxygen atoms in total. The Balaban J connectivity index is 2.60. The molecule has 0 aliphatic heterocycles. The molecule has 1 rings (SSSR count). The molecular weight excluding hydrogens is 252 g/mol. The van der Waals surface area contributed by atoms with Gasteiger partial charge in [0.1, 0.15) is 20.1 Å². The van der Waals surface area contributed by atoms with E-state index >= 15 is 0 Å². The minimum Gasteiger partial charge on any atom is -0.598 e. The SMILES string of the molecule is CC(N[S+]([O-])C(C)(C)C)c1ncc(Cl)s1. The Morgan fingerprint density at radius 2 is 2.20 bits per heavy atom.